The topological polar surface area (TPSA) is 78.7 Å². The average molecular weight is 269 g/mol. The van der Waals surface area contributed by atoms with Gasteiger partial charge in [0.25, 0.3) is 0 Å². The number of carbonyl (C=O) groups is 1. The zero-order valence-electron chi connectivity index (χ0n) is 10.2. The lowest BCUT2D eigenvalue weighted by Crippen LogP contribution is -2.01. The van der Waals surface area contributed by atoms with Crippen molar-refractivity contribution in [2.45, 2.75) is 6.92 Å². The molecule has 0 spiro atoms. The van der Waals surface area contributed by atoms with Crippen LogP contribution in [0.5, 0.6) is 5.75 Å². The molecule has 6 nitrogen and oxygen atoms in total. The summed E-state index contributed by atoms with van der Waals surface area (Å²) in [6, 6.07) is 3.20. The Bertz CT molecular complexity index is 501. The van der Waals surface area contributed by atoms with Crippen LogP contribution in [0, 0.1) is 15.9 Å². The first-order chi connectivity index (χ1) is 9.04. The SMILES string of the molecule is CCOC(=O)/C=C/COc1ccc([N+](=O)[O-])c(F)c1. The molecule has 7 heteroatoms. The van der Waals surface area contributed by atoms with E-state index >= 15 is 0 Å². The van der Waals surface area contributed by atoms with Gasteiger partial charge in [0, 0.05) is 18.2 Å². The van der Waals surface area contributed by atoms with Crippen molar-refractivity contribution in [2.75, 3.05) is 13.2 Å². The van der Waals surface area contributed by atoms with Crippen molar-refractivity contribution >= 4 is 11.7 Å². The molecule has 0 radical (unpaired) electrons. The maximum Gasteiger partial charge on any atom is 0.330 e. The number of ether oxygens (including phenoxy) is 2. The lowest BCUT2D eigenvalue weighted by Gasteiger charge is -2.03. The molecule has 0 atom stereocenters. The van der Waals surface area contributed by atoms with E-state index in [4.69, 9.17) is 4.74 Å². The molecule has 1 aromatic rings. The van der Waals surface area contributed by atoms with Crippen LogP contribution >= 0.6 is 0 Å². The van der Waals surface area contributed by atoms with Gasteiger partial charge in [-0.1, -0.05) is 0 Å². The summed E-state index contributed by atoms with van der Waals surface area (Å²) >= 11 is 0. The number of carbonyl (C=O) groups excluding carboxylic acids is 1. The lowest BCUT2D eigenvalue weighted by molar-refractivity contribution is -0.387. The highest BCUT2D eigenvalue weighted by atomic mass is 19.1. The molecule has 19 heavy (non-hydrogen) atoms. The number of nitro benzene ring substituents is 1. The van der Waals surface area contributed by atoms with Gasteiger partial charge in [0.15, 0.2) is 0 Å². The van der Waals surface area contributed by atoms with E-state index in [1.54, 1.807) is 6.92 Å². The Kier molecular flexibility index (Phi) is 5.46. The second-order valence-electron chi connectivity index (χ2n) is 3.34. The second kappa shape index (κ2) is 7.10. The van der Waals surface area contributed by atoms with Crippen molar-refractivity contribution in [1.29, 1.82) is 0 Å². The molecule has 0 aliphatic heterocycles. The van der Waals surface area contributed by atoms with E-state index < -0.39 is 22.4 Å². The molecule has 0 saturated heterocycles. The summed E-state index contributed by atoms with van der Waals surface area (Å²) in [5.74, 6) is -1.34. The third-order valence-corrected chi connectivity index (χ3v) is 2.00. The Hall–Kier alpha value is -2.44. The third kappa shape index (κ3) is 4.74. The monoisotopic (exact) mass is 269 g/mol. The maximum atomic E-state index is 13.2. The van der Waals surface area contributed by atoms with Gasteiger partial charge in [-0.05, 0) is 19.1 Å². The van der Waals surface area contributed by atoms with Gasteiger partial charge in [0.1, 0.15) is 12.4 Å². The van der Waals surface area contributed by atoms with Crippen LogP contribution in [0.1, 0.15) is 6.92 Å². The Balaban J connectivity index is 2.53. The van der Waals surface area contributed by atoms with Crippen LogP contribution in [-0.2, 0) is 9.53 Å². The fourth-order valence-electron chi connectivity index (χ4n) is 1.20. The predicted octanol–water partition coefficient (Wildman–Crippen LogP) is 2.23. The fraction of sp³-hybridized carbons (Fsp3) is 0.250. The van der Waals surface area contributed by atoms with Gasteiger partial charge >= 0.3 is 11.7 Å². The van der Waals surface area contributed by atoms with E-state index in [0.29, 0.717) is 0 Å². The zero-order chi connectivity index (χ0) is 14.3. The van der Waals surface area contributed by atoms with Gasteiger partial charge in [-0.3, -0.25) is 10.1 Å². The molecule has 0 N–H and O–H groups in total. The third-order valence-electron chi connectivity index (χ3n) is 2.00. The molecule has 0 heterocycles. The lowest BCUT2D eigenvalue weighted by atomic mass is 10.3. The molecule has 102 valence electrons. The summed E-state index contributed by atoms with van der Waals surface area (Å²) in [5, 5.41) is 10.4. The molecular weight excluding hydrogens is 257 g/mol. The van der Waals surface area contributed by atoms with Gasteiger partial charge in [-0.2, -0.15) is 4.39 Å². The molecule has 0 amide bonds. The van der Waals surface area contributed by atoms with Crippen LogP contribution in [0.15, 0.2) is 30.4 Å². The number of hydrogen-bond donors (Lipinski definition) is 0. The summed E-state index contributed by atoms with van der Waals surface area (Å²) in [5.41, 5.74) is -0.616. The molecule has 1 rings (SSSR count). The number of nitrogens with zero attached hydrogens (tertiary/aromatic N) is 1. The predicted molar refractivity (Wildman–Crippen MR) is 64.3 cm³/mol. The van der Waals surface area contributed by atoms with Crippen LogP contribution in [-0.4, -0.2) is 24.1 Å². The van der Waals surface area contributed by atoms with E-state index in [2.05, 4.69) is 4.74 Å². The minimum Gasteiger partial charge on any atom is -0.489 e. The number of nitro groups is 1. The first kappa shape index (κ1) is 14.6. The second-order valence-corrected chi connectivity index (χ2v) is 3.34. The van der Waals surface area contributed by atoms with E-state index in [0.717, 1.165) is 12.1 Å². The Morgan fingerprint density at radius 3 is 2.84 bits per heavy atom. The van der Waals surface area contributed by atoms with Crippen LogP contribution < -0.4 is 4.74 Å². The quantitative estimate of drug-likeness (QED) is 0.342. The maximum absolute atomic E-state index is 13.2. The zero-order valence-corrected chi connectivity index (χ0v) is 10.2. The number of benzene rings is 1. The Labute approximate surface area is 108 Å². The number of hydrogen-bond acceptors (Lipinski definition) is 5. The summed E-state index contributed by atoms with van der Waals surface area (Å²) in [6.45, 7) is 1.98. The van der Waals surface area contributed by atoms with E-state index in [1.807, 2.05) is 0 Å². The van der Waals surface area contributed by atoms with Crippen LogP contribution in [0.3, 0.4) is 0 Å². The Morgan fingerprint density at radius 1 is 1.53 bits per heavy atom. The van der Waals surface area contributed by atoms with E-state index in [-0.39, 0.29) is 19.0 Å². The smallest absolute Gasteiger partial charge is 0.330 e. The standard InChI is InChI=1S/C12H12FNO5/c1-2-18-12(15)4-3-7-19-9-5-6-11(14(16)17)10(13)8-9/h3-6,8H,2,7H2,1H3/b4-3+. The highest BCUT2D eigenvalue weighted by Gasteiger charge is 2.13. The number of halogens is 1. The molecule has 0 aromatic heterocycles. The Morgan fingerprint density at radius 2 is 2.26 bits per heavy atom. The molecule has 0 unspecified atom stereocenters. The summed E-state index contributed by atoms with van der Waals surface area (Å²) < 4.78 is 23.0. The van der Waals surface area contributed by atoms with Crippen molar-refractivity contribution in [1.82, 2.24) is 0 Å². The van der Waals surface area contributed by atoms with Crippen molar-refractivity contribution < 1.29 is 23.6 Å². The van der Waals surface area contributed by atoms with Crippen LogP contribution in [0.25, 0.3) is 0 Å². The van der Waals surface area contributed by atoms with E-state index in [9.17, 15) is 19.3 Å². The van der Waals surface area contributed by atoms with Crippen LogP contribution in [0.2, 0.25) is 0 Å². The number of rotatable bonds is 6. The molecule has 1 aromatic carbocycles. The normalized spacial score (nSPS) is 10.4. The fourth-order valence-corrected chi connectivity index (χ4v) is 1.20. The highest BCUT2D eigenvalue weighted by Crippen LogP contribution is 2.22. The summed E-state index contributed by atoms with van der Waals surface area (Å²) in [7, 11) is 0. The first-order valence-electron chi connectivity index (χ1n) is 5.44. The van der Waals surface area contributed by atoms with Gasteiger partial charge in [0.2, 0.25) is 5.82 Å². The highest BCUT2D eigenvalue weighted by molar-refractivity contribution is 5.81. The van der Waals surface area contributed by atoms with Gasteiger partial charge in [-0.25, -0.2) is 4.79 Å². The molecule has 0 aliphatic carbocycles. The summed E-state index contributed by atoms with van der Waals surface area (Å²) in [4.78, 5) is 20.5. The van der Waals surface area contributed by atoms with Crippen molar-refractivity contribution in [3.8, 4) is 5.75 Å². The van der Waals surface area contributed by atoms with Crippen LogP contribution in [0.4, 0.5) is 10.1 Å². The minimum absolute atomic E-state index is 0.0239. The van der Waals surface area contributed by atoms with Gasteiger partial charge in [-0.15, -0.1) is 0 Å². The van der Waals surface area contributed by atoms with Crippen molar-refractivity contribution in [3.63, 3.8) is 0 Å². The van der Waals surface area contributed by atoms with Gasteiger partial charge < -0.3 is 9.47 Å². The molecule has 0 aliphatic rings. The minimum atomic E-state index is -0.975. The van der Waals surface area contributed by atoms with Crippen molar-refractivity contribution in [3.05, 3.63) is 46.3 Å². The average Bonchev–Trinajstić information content (AvgIpc) is 2.34. The molecule has 0 saturated carbocycles. The van der Waals surface area contributed by atoms with E-state index in [1.165, 1.54) is 18.2 Å². The molecular formula is C12H12FNO5. The largest absolute Gasteiger partial charge is 0.489 e. The molecule has 0 fully saturated rings. The van der Waals surface area contributed by atoms with Crippen molar-refractivity contribution in [2.24, 2.45) is 0 Å². The first-order valence-corrected chi connectivity index (χ1v) is 5.44. The number of esters is 1. The summed E-state index contributed by atoms with van der Waals surface area (Å²) in [6.07, 6.45) is 2.59. The van der Waals surface area contributed by atoms with Gasteiger partial charge in [0.05, 0.1) is 11.5 Å². The molecule has 0 bridgehead atoms.